The van der Waals surface area contributed by atoms with Gasteiger partial charge in [0.2, 0.25) is 11.8 Å². The number of imide groups is 2. The lowest BCUT2D eigenvalue weighted by molar-refractivity contribution is -0.141. The van der Waals surface area contributed by atoms with Crippen molar-refractivity contribution >= 4 is 52.5 Å². The number of aromatic hydroxyl groups is 1. The monoisotopic (exact) mass is 662 g/mol. The maximum absolute atomic E-state index is 14.5. The highest BCUT2D eigenvalue weighted by Crippen LogP contribution is 2.66. The van der Waals surface area contributed by atoms with Gasteiger partial charge in [0.25, 0.3) is 11.8 Å². The van der Waals surface area contributed by atoms with Crippen LogP contribution in [0.2, 0.25) is 0 Å². The quantitative estimate of drug-likeness (QED) is 0.207. The number of fused-ring (bicyclic) bond motifs is 4. The number of alkyl halides is 2. The number of allylic oxidation sites excluding steroid dienone is 2. The maximum Gasteiger partial charge on any atom is 0.258 e. The molecule has 3 aromatic carbocycles. The van der Waals surface area contributed by atoms with Crippen molar-refractivity contribution in [3.05, 3.63) is 101 Å². The van der Waals surface area contributed by atoms with Crippen LogP contribution in [0.25, 0.3) is 0 Å². The van der Waals surface area contributed by atoms with E-state index in [4.69, 9.17) is 27.9 Å². The second-order valence-electron chi connectivity index (χ2n) is 12.2. The number of halogens is 3. The molecule has 0 spiro atoms. The van der Waals surface area contributed by atoms with Gasteiger partial charge in [0.05, 0.1) is 30.7 Å². The zero-order chi connectivity index (χ0) is 32.5. The summed E-state index contributed by atoms with van der Waals surface area (Å²) in [7, 11) is 0. The number of likely N-dealkylation sites (tertiary alicyclic amines) is 1. The topological polar surface area (TPSA) is 104 Å². The van der Waals surface area contributed by atoms with E-state index < -0.39 is 51.1 Å². The van der Waals surface area contributed by atoms with Gasteiger partial charge in [0.15, 0.2) is 21.2 Å². The first kappa shape index (κ1) is 30.4. The number of benzene rings is 3. The number of amides is 4. The fourth-order valence-electron chi connectivity index (χ4n) is 7.74. The Kier molecular flexibility index (Phi) is 7.25. The van der Waals surface area contributed by atoms with Crippen molar-refractivity contribution in [1.82, 2.24) is 4.90 Å². The number of phenols is 1. The van der Waals surface area contributed by atoms with Crippen LogP contribution in [0.4, 0.5) is 10.1 Å². The normalized spacial score (nSPS) is 30.2. The molecule has 8 nitrogen and oxygen atoms in total. The SMILES string of the molecule is CCOc1cc([C@H]2C3=CC[C@@H]4C(=O)N(Cc5ccccc5)C(=O)[C@@H]4[C@@H]3C[C@@]3(Cl)C(=O)N(c4ccc(F)cc4)C(=O)[C@@]23Cl)ccc1O. The van der Waals surface area contributed by atoms with Crippen LogP contribution in [0, 0.1) is 23.6 Å². The van der Waals surface area contributed by atoms with Crippen LogP contribution in [0.1, 0.15) is 36.8 Å². The first-order valence-electron chi connectivity index (χ1n) is 15.1. The smallest absolute Gasteiger partial charge is 0.258 e. The average molecular weight is 664 g/mol. The predicted octanol–water partition coefficient (Wildman–Crippen LogP) is 5.69. The molecule has 2 aliphatic carbocycles. The number of ether oxygens (including phenoxy) is 1. The highest BCUT2D eigenvalue weighted by atomic mass is 35.5. The molecule has 2 saturated heterocycles. The Labute approximate surface area is 274 Å². The Balaban J connectivity index is 1.38. The lowest BCUT2D eigenvalue weighted by Gasteiger charge is -2.50. The Morgan fingerprint density at radius 2 is 1.65 bits per heavy atom. The zero-order valence-corrected chi connectivity index (χ0v) is 26.2. The Morgan fingerprint density at radius 3 is 2.35 bits per heavy atom. The molecule has 236 valence electrons. The second kappa shape index (κ2) is 11.0. The van der Waals surface area contributed by atoms with Gasteiger partial charge in [-0.1, -0.05) is 48.0 Å². The van der Waals surface area contributed by atoms with Gasteiger partial charge < -0.3 is 9.84 Å². The van der Waals surface area contributed by atoms with Gasteiger partial charge >= 0.3 is 0 Å². The van der Waals surface area contributed by atoms with Crippen molar-refractivity contribution in [2.75, 3.05) is 11.5 Å². The molecular weight excluding hydrogens is 634 g/mol. The molecular formula is C35H29Cl2FN2O6. The lowest BCUT2D eigenvalue weighted by Crippen LogP contribution is -2.60. The minimum atomic E-state index is -2.08. The molecule has 1 saturated carbocycles. The Bertz CT molecular complexity index is 1820. The van der Waals surface area contributed by atoms with E-state index in [0.717, 1.165) is 22.6 Å². The van der Waals surface area contributed by atoms with Crippen LogP contribution >= 0.6 is 23.2 Å². The summed E-state index contributed by atoms with van der Waals surface area (Å²) in [6.45, 7) is 2.10. The van der Waals surface area contributed by atoms with Gasteiger partial charge in [0, 0.05) is 5.92 Å². The molecule has 3 fully saturated rings. The van der Waals surface area contributed by atoms with E-state index in [1.807, 2.05) is 36.4 Å². The van der Waals surface area contributed by atoms with Crippen LogP contribution < -0.4 is 9.64 Å². The average Bonchev–Trinajstić information content (AvgIpc) is 3.37. The van der Waals surface area contributed by atoms with Crippen molar-refractivity contribution < 1.29 is 33.4 Å². The van der Waals surface area contributed by atoms with Crippen molar-refractivity contribution in [2.24, 2.45) is 17.8 Å². The van der Waals surface area contributed by atoms with Gasteiger partial charge in [-0.05, 0) is 73.2 Å². The molecule has 2 aliphatic heterocycles. The van der Waals surface area contributed by atoms with Gasteiger partial charge in [-0.25, -0.2) is 9.29 Å². The third kappa shape index (κ3) is 4.24. The number of carbonyl (C=O) groups excluding carboxylic acids is 4. The summed E-state index contributed by atoms with van der Waals surface area (Å²) in [6.07, 6.45) is 1.89. The highest BCUT2D eigenvalue weighted by Gasteiger charge is 2.76. The fraction of sp³-hybridized carbons (Fsp3) is 0.314. The third-order valence-corrected chi connectivity index (χ3v) is 11.2. The van der Waals surface area contributed by atoms with Crippen molar-refractivity contribution in [3.63, 3.8) is 0 Å². The van der Waals surface area contributed by atoms with Gasteiger partial charge in [-0.15, -0.1) is 23.2 Å². The molecule has 4 amide bonds. The molecule has 7 rings (SSSR count). The summed E-state index contributed by atoms with van der Waals surface area (Å²) in [5, 5.41) is 10.5. The number of anilines is 1. The molecule has 0 aromatic heterocycles. The van der Waals surface area contributed by atoms with E-state index in [9.17, 15) is 28.7 Å². The number of carbonyl (C=O) groups is 4. The fourth-order valence-corrected chi connectivity index (χ4v) is 8.68. The number of hydrogen-bond donors (Lipinski definition) is 1. The second-order valence-corrected chi connectivity index (χ2v) is 13.4. The van der Waals surface area contributed by atoms with Gasteiger partial charge in [-0.2, -0.15) is 0 Å². The van der Waals surface area contributed by atoms with Crippen molar-refractivity contribution in [1.29, 1.82) is 0 Å². The minimum Gasteiger partial charge on any atom is -0.504 e. The van der Waals surface area contributed by atoms with E-state index in [2.05, 4.69) is 0 Å². The van der Waals surface area contributed by atoms with E-state index >= 15 is 0 Å². The standard InChI is InChI=1S/C35H29Cl2FN2O6/c1-2-46-27-16-20(8-15-26(27)41)29-23-13-14-24-28(31(43)39(30(24)42)18-19-6-4-3-5-7-19)25(23)17-34(36)32(44)40(33(45)35(29,34)37)22-11-9-21(38)10-12-22/h3-13,15-16,24-25,28-29,41H,2,14,17-18H2,1H3/t24-,25+,28-,29-,34+,35-/m0/s1. The maximum atomic E-state index is 14.5. The van der Waals surface area contributed by atoms with Gasteiger partial charge in [0.1, 0.15) is 5.82 Å². The molecule has 3 aromatic rings. The Hall–Kier alpha value is -4.21. The minimum absolute atomic E-state index is 0.0984. The van der Waals surface area contributed by atoms with Gasteiger partial charge in [-0.3, -0.25) is 24.1 Å². The third-order valence-electron chi connectivity index (χ3n) is 9.79. The number of phenolic OH excluding ortho intramolecular Hbond substituents is 1. The molecule has 0 unspecified atom stereocenters. The van der Waals surface area contributed by atoms with E-state index in [-0.39, 0.29) is 55.0 Å². The molecule has 46 heavy (non-hydrogen) atoms. The van der Waals surface area contributed by atoms with E-state index in [1.54, 1.807) is 19.1 Å². The first-order valence-corrected chi connectivity index (χ1v) is 15.8. The number of rotatable bonds is 6. The lowest BCUT2D eigenvalue weighted by atomic mass is 9.56. The van der Waals surface area contributed by atoms with Crippen molar-refractivity contribution in [3.8, 4) is 11.5 Å². The van der Waals surface area contributed by atoms with E-state index in [0.29, 0.717) is 11.1 Å². The largest absolute Gasteiger partial charge is 0.504 e. The molecule has 0 bridgehead atoms. The summed E-state index contributed by atoms with van der Waals surface area (Å²) in [6, 6.07) is 18.6. The summed E-state index contributed by atoms with van der Waals surface area (Å²) in [5.74, 6) is -6.07. The highest BCUT2D eigenvalue weighted by molar-refractivity contribution is 6.58. The summed E-state index contributed by atoms with van der Waals surface area (Å²) < 4.78 is 19.5. The zero-order valence-electron chi connectivity index (χ0n) is 24.7. The number of hydrogen-bond acceptors (Lipinski definition) is 6. The first-order chi connectivity index (χ1) is 22.0. The predicted molar refractivity (Wildman–Crippen MR) is 168 cm³/mol. The van der Waals surface area contributed by atoms with Crippen LogP contribution in [-0.2, 0) is 25.7 Å². The van der Waals surface area contributed by atoms with Crippen LogP contribution in [0.3, 0.4) is 0 Å². The summed E-state index contributed by atoms with van der Waals surface area (Å²) >= 11 is 14.8. The van der Waals surface area contributed by atoms with Crippen LogP contribution in [0.15, 0.2) is 84.4 Å². The van der Waals surface area contributed by atoms with Crippen LogP contribution in [0.5, 0.6) is 11.5 Å². The molecule has 6 atom stereocenters. The molecule has 0 radical (unpaired) electrons. The molecule has 11 heteroatoms. The van der Waals surface area contributed by atoms with Crippen LogP contribution in [-0.4, -0.2) is 50.0 Å². The van der Waals surface area contributed by atoms with E-state index in [1.165, 1.54) is 23.1 Å². The summed E-state index contributed by atoms with van der Waals surface area (Å²) in [5.41, 5.74) is 1.95. The van der Waals surface area contributed by atoms with Crippen molar-refractivity contribution in [2.45, 2.75) is 42.0 Å². The number of nitrogens with zero attached hydrogens (tertiary/aromatic N) is 2. The Morgan fingerprint density at radius 1 is 0.935 bits per heavy atom. The molecule has 1 N–H and O–H groups in total. The molecule has 2 heterocycles. The molecule has 4 aliphatic rings. The summed E-state index contributed by atoms with van der Waals surface area (Å²) in [4.78, 5) is 54.6.